The van der Waals surface area contributed by atoms with Crippen LogP contribution in [0.3, 0.4) is 0 Å². The van der Waals surface area contributed by atoms with Gasteiger partial charge in [0.25, 0.3) is 0 Å². The maximum absolute atomic E-state index is 4.00. The number of nitrogens with one attached hydrogen (secondary N) is 2. The lowest BCUT2D eigenvalue weighted by molar-refractivity contribution is 0.757. The van der Waals surface area contributed by atoms with E-state index in [9.17, 15) is 0 Å². The lowest BCUT2D eigenvalue weighted by Gasteiger charge is -2.08. The summed E-state index contributed by atoms with van der Waals surface area (Å²) in [5.41, 5.74) is 3.91. The predicted octanol–water partition coefficient (Wildman–Crippen LogP) is 4.66. The van der Waals surface area contributed by atoms with Crippen molar-refractivity contribution in [1.82, 2.24) is 5.32 Å². The van der Waals surface area contributed by atoms with Crippen LogP contribution in [0.5, 0.6) is 0 Å². The second-order valence-electron chi connectivity index (χ2n) is 4.58. The molecule has 1 unspecified atom stereocenters. The van der Waals surface area contributed by atoms with Crippen molar-refractivity contribution in [1.29, 1.82) is 0 Å². The third kappa shape index (κ3) is 5.13. The van der Waals surface area contributed by atoms with Crippen molar-refractivity contribution in [2.75, 3.05) is 11.4 Å². The number of rotatable bonds is 6. The molecule has 0 fully saturated rings. The van der Waals surface area contributed by atoms with Crippen molar-refractivity contribution in [3.05, 3.63) is 40.9 Å². The Morgan fingerprint density at radius 2 is 2.11 bits per heavy atom. The molecule has 2 rings (SSSR count). The van der Waals surface area contributed by atoms with E-state index in [1.807, 2.05) is 11.8 Å². The summed E-state index contributed by atoms with van der Waals surface area (Å²) in [7, 11) is 0. The molecule has 0 amide bonds. The fourth-order valence-electron chi connectivity index (χ4n) is 1.79. The molecule has 0 spiro atoms. The fraction of sp³-hybridized carbons (Fsp3) is 0.357. The molecule has 0 aliphatic carbocycles. The van der Waals surface area contributed by atoms with Gasteiger partial charge in [-0.25, -0.2) is 0 Å². The number of aryl methyl sites for hydroxylation is 1. The van der Waals surface area contributed by atoms with E-state index in [-0.39, 0.29) is 6.75 Å². The molecular formula is C14H20N2PS2+. The van der Waals surface area contributed by atoms with Gasteiger partial charge in [0, 0.05) is 11.4 Å². The number of benzene rings is 1. The van der Waals surface area contributed by atoms with Crippen molar-refractivity contribution < 1.29 is 0 Å². The van der Waals surface area contributed by atoms with Crippen LogP contribution in [0.2, 0.25) is 0 Å². The summed E-state index contributed by atoms with van der Waals surface area (Å²) < 4.78 is 3.33. The fourth-order valence-corrected chi connectivity index (χ4v) is 3.75. The molecule has 0 radical (unpaired) electrons. The first kappa shape index (κ1) is 14.8. The van der Waals surface area contributed by atoms with Crippen LogP contribution in [0.15, 0.2) is 35.4 Å². The molecule has 0 bridgehead atoms. The summed E-state index contributed by atoms with van der Waals surface area (Å²) in [4.78, 5) is 0. The average Bonchev–Trinajstić information content (AvgIpc) is 2.81. The third-order valence-electron chi connectivity index (χ3n) is 2.76. The Bertz CT molecular complexity index is 471. The second kappa shape index (κ2) is 7.28. The van der Waals surface area contributed by atoms with E-state index < -0.39 is 0 Å². The zero-order valence-corrected chi connectivity index (χ0v) is 13.9. The lowest BCUT2D eigenvalue weighted by atomic mass is 10.1. The maximum Gasteiger partial charge on any atom is 0.196 e. The average molecular weight is 311 g/mol. The highest BCUT2D eigenvalue weighted by molar-refractivity contribution is 8.54. The summed E-state index contributed by atoms with van der Waals surface area (Å²) in [6, 6.07) is 8.70. The van der Waals surface area contributed by atoms with Gasteiger partial charge in [-0.3, -0.25) is 4.72 Å². The quantitative estimate of drug-likeness (QED) is 0.589. The minimum absolute atomic E-state index is 0.212. The van der Waals surface area contributed by atoms with Crippen molar-refractivity contribution >= 4 is 42.1 Å². The highest BCUT2D eigenvalue weighted by Gasteiger charge is 2.10. The van der Waals surface area contributed by atoms with Crippen LogP contribution in [0.4, 0.5) is 5.69 Å². The van der Waals surface area contributed by atoms with Crippen molar-refractivity contribution in [3.8, 4) is 0 Å². The van der Waals surface area contributed by atoms with Crippen LogP contribution in [0, 0.1) is 0 Å². The van der Waals surface area contributed by atoms with E-state index in [4.69, 9.17) is 0 Å². The van der Waals surface area contributed by atoms with E-state index in [1.54, 1.807) is 11.6 Å². The summed E-state index contributed by atoms with van der Waals surface area (Å²) in [6.07, 6.45) is 6.19. The molecule has 1 heterocycles. The molecule has 5 heteroatoms. The molecule has 0 aromatic heterocycles. The first-order valence-electron chi connectivity index (χ1n) is 6.30. The molecule has 2 nitrogen and oxygen atoms in total. The van der Waals surface area contributed by atoms with Gasteiger partial charge in [0.1, 0.15) is 6.66 Å². The molecule has 102 valence electrons. The smallest absolute Gasteiger partial charge is 0.196 e. The first-order valence-corrected chi connectivity index (χ1v) is 10.6. The van der Waals surface area contributed by atoms with Crippen molar-refractivity contribution in [2.24, 2.45) is 0 Å². The summed E-state index contributed by atoms with van der Waals surface area (Å²) in [5, 5.41) is 6.25. The number of anilines is 1. The van der Waals surface area contributed by atoms with Gasteiger partial charge >= 0.3 is 0 Å². The zero-order valence-electron chi connectivity index (χ0n) is 11.3. The standard InChI is InChI=1S/C14H20N2PS2/c1-11-15-14(10-18-11)9-6-12-4-7-13(8-5-12)16-19-17(2)3/h4-5,7-8,10-11,15-16H,2,6,9H2,1,3H3/q+1/t11-/m0/s1. The van der Waals surface area contributed by atoms with Gasteiger partial charge in [-0.15, -0.1) is 11.8 Å². The Morgan fingerprint density at radius 1 is 1.37 bits per heavy atom. The van der Waals surface area contributed by atoms with Gasteiger partial charge in [-0.1, -0.05) is 12.1 Å². The first-order chi connectivity index (χ1) is 9.13. The van der Waals surface area contributed by atoms with Crippen LogP contribution in [-0.2, 0) is 6.42 Å². The van der Waals surface area contributed by atoms with Crippen molar-refractivity contribution in [2.45, 2.75) is 25.1 Å². The van der Waals surface area contributed by atoms with Crippen LogP contribution in [0.1, 0.15) is 18.9 Å². The van der Waals surface area contributed by atoms with Crippen LogP contribution in [-0.4, -0.2) is 18.3 Å². The van der Waals surface area contributed by atoms with Gasteiger partial charge in [0.05, 0.1) is 11.7 Å². The molecule has 19 heavy (non-hydrogen) atoms. The van der Waals surface area contributed by atoms with E-state index in [0.717, 1.165) is 18.5 Å². The Labute approximate surface area is 125 Å². The van der Waals surface area contributed by atoms with Crippen LogP contribution >= 0.6 is 30.1 Å². The molecule has 1 aliphatic heterocycles. The minimum atomic E-state index is -0.212. The van der Waals surface area contributed by atoms with E-state index >= 15 is 0 Å². The zero-order chi connectivity index (χ0) is 13.7. The molecule has 1 aromatic rings. The second-order valence-corrected chi connectivity index (χ2v) is 9.86. The highest BCUT2D eigenvalue weighted by Crippen LogP contribution is 2.33. The highest BCUT2D eigenvalue weighted by atomic mass is 32.7. The van der Waals surface area contributed by atoms with Gasteiger partial charge in [0.15, 0.2) is 18.3 Å². The summed E-state index contributed by atoms with van der Waals surface area (Å²) >= 11 is 3.57. The lowest BCUT2D eigenvalue weighted by Crippen LogP contribution is -2.16. The van der Waals surface area contributed by atoms with E-state index in [1.165, 1.54) is 11.3 Å². The molecule has 0 saturated carbocycles. The van der Waals surface area contributed by atoms with Crippen LogP contribution in [0.25, 0.3) is 0 Å². The number of hydrogen-bond acceptors (Lipinski definition) is 4. The predicted molar refractivity (Wildman–Crippen MR) is 94.2 cm³/mol. The summed E-state index contributed by atoms with van der Waals surface area (Å²) in [5.74, 6) is 0. The minimum Gasteiger partial charge on any atom is -0.376 e. The Morgan fingerprint density at radius 3 is 2.68 bits per heavy atom. The maximum atomic E-state index is 4.00. The van der Waals surface area contributed by atoms with Gasteiger partial charge in [-0.05, 0) is 42.9 Å². The monoisotopic (exact) mass is 311 g/mol. The molecule has 1 aliphatic rings. The van der Waals surface area contributed by atoms with Gasteiger partial charge < -0.3 is 5.32 Å². The molecule has 2 atom stereocenters. The molecule has 2 N–H and O–H groups in total. The van der Waals surface area contributed by atoms with Crippen LogP contribution < -0.4 is 10.0 Å². The van der Waals surface area contributed by atoms with E-state index in [0.29, 0.717) is 5.37 Å². The number of thioether (sulfide) groups is 1. The topological polar surface area (TPSA) is 24.1 Å². The third-order valence-corrected chi connectivity index (χ3v) is 5.55. The SMILES string of the molecule is C=[P+](C)SNc1ccc(CCC2=CS[C@@H](C)N2)cc1. The number of allylic oxidation sites excluding steroid dienone is 1. The molecule has 1 aromatic carbocycles. The molecular weight excluding hydrogens is 291 g/mol. The Kier molecular flexibility index (Phi) is 5.68. The Balaban J connectivity index is 1.80. The van der Waals surface area contributed by atoms with Gasteiger partial charge in [0.2, 0.25) is 0 Å². The molecule has 0 saturated heterocycles. The Hall–Kier alpha value is -0.570. The summed E-state index contributed by atoms with van der Waals surface area (Å²) in [6.45, 7) is 4.12. The largest absolute Gasteiger partial charge is 0.376 e. The normalized spacial score (nSPS) is 18.7. The van der Waals surface area contributed by atoms with Crippen molar-refractivity contribution in [3.63, 3.8) is 0 Å². The number of hydrogen-bond donors (Lipinski definition) is 2. The van der Waals surface area contributed by atoms with Gasteiger partial charge in [-0.2, -0.15) is 0 Å². The van der Waals surface area contributed by atoms with E-state index in [2.05, 4.69) is 59.6 Å².